The normalized spacial score (nSPS) is 19.9. The highest BCUT2D eigenvalue weighted by atomic mass is 16.8. The number of carbonyl (C=O) groups excluding carboxylic acids is 2. The number of phenolic OH excluding ortho intramolecular Hbond substituents is 1. The minimum absolute atomic E-state index is 0.00360. The van der Waals surface area contributed by atoms with E-state index in [1.165, 1.54) is 27.4 Å². The molecule has 1 saturated heterocycles. The fourth-order valence-corrected chi connectivity index (χ4v) is 3.44. The van der Waals surface area contributed by atoms with Crippen LogP contribution in [-0.2, 0) is 23.7 Å². The maximum atomic E-state index is 12.3. The molecule has 0 aliphatic carbocycles. The lowest BCUT2D eigenvalue weighted by atomic mass is 9.94. The first kappa shape index (κ1) is 21.6. The predicted molar refractivity (Wildman–Crippen MR) is 106 cm³/mol. The Hall–Kier alpha value is -3.10. The maximum absolute atomic E-state index is 12.3. The monoisotopic (exact) mass is 416 g/mol. The van der Waals surface area contributed by atoms with Gasteiger partial charge in [-0.1, -0.05) is 18.2 Å². The third-order valence-electron chi connectivity index (χ3n) is 4.77. The molecule has 0 aromatic heterocycles. The fraction of sp³-hybridized carbons (Fsp3) is 0.364. The highest BCUT2D eigenvalue weighted by Crippen LogP contribution is 2.41. The molecule has 0 amide bonds. The number of methoxy groups -OCH3 is 3. The van der Waals surface area contributed by atoms with E-state index in [2.05, 4.69) is 0 Å². The molecular weight excluding hydrogens is 392 g/mol. The van der Waals surface area contributed by atoms with Gasteiger partial charge in [0.25, 0.3) is 0 Å². The Morgan fingerprint density at radius 1 is 1.03 bits per heavy atom. The number of esters is 2. The predicted octanol–water partition coefficient (Wildman–Crippen LogP) is 3.22. The molecule has 0 radical (unpaired) electrons. The van der Waals surface area contributed by atoms with Crippen LogP contribution in [0, 0.1) is 0 Å². The van der Waals surface area contributed by atoms with Crippen molar-refractivity contribution in [2.45, 2.75) is 31.8 Å². The van der Waals surface area contributed by atoms with E-state index in [0.29, 0.717) is 22.4 Å². The second-order valence-electron chi connectivity index (χ2n) is 7.19. The summed E-state index contributed by atoms with van der Waals surface area (Å²) in [5.74, 6) is -2.12. The fourth-order valence-electron chi connectivity index (χ4n) is 3.44. The van der Waals surface area contributed by atoms with Gasteiger partial charge in [0.05, 0.1) is 21.3 Å². The van der Waals surface area contributed by atoms with Crippen LogP contribution in [0.15, 0.2) is 36.4 Å². The second kappa shape index (κ2) is 8.33. The minimum atomic E-state index is -0.981. The molecule has 1 heterocycles. The minimum Gasteiger partial charge on any atom is -0.507 e. The van der Waals surface area contributed by atoms with Gasteiger partial charge >= 0.3 is 11.9 Å². The van der Waals surface area contributed by atoms with Crippen molar-refractivity contribution in [3.63, 3.8) is 0 Å². The van der Waals surface area contributed by atoms with Crippen molar-refractivity contribution in [3.05, 3.63) is 47.5 Å². The molecule has 8 heteroatoms. The van der Waals surface area contributed by atoms with Gasteiger partial charge in [-0.2, -0.15) is 0 Å². The first-order valence-electron chi connectivity index (χ1n) is 9.24. The van der Waals surface area contributed by atoms with Crippen molar-refractivity contribution >= 4 is 11.9 Å². The quantitative estimate of drug-likeness (QED) is 0.742. The highest BCUT2D eigenvalue weighted by molar-refractivity contribution is 6.00. The molecule has 1 N–H and O–H groups in total. The Labute approximate surface area is 174 Å². The summed E-state index contributed by atoms with van der Waals surface area (Å²) < 4.78 is 26.6. The smallest absolute Gasteiger partial charge is 0.342 e. The zero-order chi connectivity index (χ0) is 22.1. The van der Waals surface area contributed by atoms with Gasteiger partial charge < -0.3 is 28.8 Å². The van der Waals surface area contributed by atoms with E-state index < -0.39 is 29.9 Å². The van der Waals surface area contributed by atoms with Crippen LogP contribution in [0.25, 0.3) is 11.1 Å². The molecule has 30 heavy (non-hydrogen) atoms. The van der Waals surface area contributed by atoms with Crippen molar-refractivity contribution < 1.29 is 38.4 Å². The lowest BCUT2D eigenvalue weighted by molar-refractivity contribution is -0.168. The maximum Gasteiger partial charge on any atom is 0.342 e. The number of aromatic hydroxyl groups is 1. The van der Waals surface area contributed by atoms with Crippen LogP contribution in [0.3, 0.4) is 0 Å². The number of rotatable bonds is 5. The van der Waals surface area contributed by atoms with E-state index in [4.69, 9.17) is 23.7 Å². The molecule has 0 unspecified atom stereocenters. The molecule has 1 aliphatic heterocycles. The molecule has 1 fully saturated rings. The van der Waals surface area contributed by atoms with Crippen LogP contribution in [0.1, 0.15) is 35.9 Å². The van der Waals surface area contributed by atoms with E-state index >= 15 is 0 Å². The lowest BCUT2D eigenvalue weighted by Crippen LogP contribution is -2.29. The third kappa shape index (κ3) is 4.10. The SMILES string of the molecule is COC(=O)c1c(O)cc(OC)cc1-c1cccc([C@H]2OC(C)(C)O[C@@H]2C(=O)OC)c1. The molecular formula is C22H24O8. The van der Waals surface area contributed by atoms with E-state index in [0.717, 1.165) is 0 Å². The molecule has 0 spiro atoms. The zero-order valence-corrected chi connectivity index (χ0v) is 17.4. The van der Waals surface area contributed by atoms with Gasteiger partial charge in [-0.05, 0) is 37.1 Å². The number of hydrogen-bond donors (Lipinski definition) is 1. The number of ether oxygens (including phenoxy) is 5. The molecule has 3 rings (SSSR count). The van der Waals surface area contributed by atoms with Crippen molar-refractivity contribution in [3.8, 4) is 22.6 Å². The van der Waals surface area contributed by atoms with Gasteiger partial charge in [-0.3, -0.25) is 0 Å². The lowest BCUT2D eigenvalue weighted by Gasteiger charge is -2.18. The first-order valence-corrected chi connectivity index (χ1v) is 9.24. The van der Waals surface area contributed by atoms with Crippen molar-refractivity contribution in [2.75, 3.05) is 21.3 Å². The largest absolute Gasteiger partial charge is 0.507 e. The molecule has 0 saturated carbocycles. The molecule has 2 aromatic rings. The summed E-state index contributed by atoms with van der Waals surface area (Å²) >= 11 is 0. The topological polar surface area (TPSA) is 101 Å². The van der Waals surface area contributed by atoms with Gasteiger partial charge in [0.15, 0.2) is 11.9 Å². The molecule has 8 nitrogen and oxygen atoms in total. The second-order valence-corrected chi connectivity index (χ2v) is 7.19. The van der Waals surface area contributed by atoms with Gasteiger partial charge in [0, 0.05) is 11.6 Å². The van der Waals surface area contributed by atoms with Crippen molar-refractivity contribution in [1.82, 2.24) is 0 Å². The van der Waals surface area contributed by atoms with Crippen LogP contribution in [-0.4, -0.2) is 50.3 Å². The molecule has 2 aromatic carbocycles. The van der Waals surface area contributed by atoms with E-state index in [9.17, 15) is 14.7 Å². The Balaban J connectivity index is 2.11. The molecule has 160 valence electrons. The van der Waals surface area contributed by atoms with E-state index in [1.54, 1.807) is 44.2 Å². The Morgan fingerprint density at radius 2 is 1.77 bits per heavy atom. The van der Waals surface area contributed by atoms with Crippen LogP contribution in [0.4, 0.5) is 0 Å². The number of benzene rings is 2. The highest BCUT2D eigenvalue weighted by Gasteiger charge is 2.46. The summed E-state index contributed by atoms with van der Waals surface area (Å²) in [6.45, 7) is 3.42. The standard InChI is InChI=1S/C22H24O8/c1-22(2)29-18(19(30-22)21(25)28-5)13-8-6-7-12(9-13)15-10-14(26-3)11-16(23)17(15)20(24)27-4/h6-11,18-19,23H,1-5H3/t18-,19+/m1/s1. The van der Waals surface area contributed by atoms with Crippen LogP contribution < -0.4 is 4.74 Å². The number of hydrogen-bond acceptors (Lipinski definition) is 8. The van der Waals surface area contributed by atoms with Crippen molar-refractivity contribution in [1.29, 1.82) is 0 Å². The third-order valence-corrected chi connectivity index (χ3v) is 4.77. The first-order chi connectivity index (χ1) is 14.2. The van der Waals surface area contributed by atoms with Crippen LogP contribution in [0.2, 0.25) is 0 Å². The number of phenols is 1. The number of carbonyl (C=O) groups is 2. The van der Waals surface area contributed by atoms with E-state index in [1.807, 2.05) is 0 Å². The van der Waals surface area contributed by atoms with Gasteiger partial charge in [0.2, 0.25) is 0 Å². The summed E-state index contributed by atoms with van der Waals surface area (Å²) in [7, 11) is 3.98. The average molecular weight is 416 g/mol. The van der Waals surface area contributed by atoms with Crippen molar-refractivity contribution in [2.24, 2.45) is 0 Å². The molecule has 0 bridgehead atoms. The summed E-state index contributed by atoms with van der Waals surface area (Å²) in [5, 5.41) is 10.4. The molecule has 1 aliphatic rings. The van der Waals surface area contributed by atoms with Gasteiger partial charge in [0.1, 0.15) is 23.2 Å². The van der Waals surface area contributed by atoms with Crippen LogP contribution in [0.5, 0.6) is 11.5 Å². The summed E-state index contributed by atoms with van der Waals surface area (Å²) in [6.07, 6.45) is -1.66. The molecule has 2 atom stereocenters. The Morgan fingerprint density at radius 3 is 2.40 bits per heavy atom. The van der Waals surface area contributed by atoms with Gasteiger partial charge in [-0.25, -0.2) is 9.59 Å². The summed E-state index contributed by atoms with van der Waals surface area (Å²) in [6, 6.07) is 10.0. The Kier molecular flexibility index (Phi) is 6.00. The van der Waals surface area contributed by atoms with Crippen LogP contribution >= 0.6 is 0 Å². The summed E-state index contributed by atoms with van der Waals surface area (Å²) in [5.41, 5.74) is 1.66. The van der Waals surface area contributed by atoms with E-state index in [-0.39, 0.29) is 11.3 Å². The average Bonchev–Trinajstić information content (AvgIpc) is 3.07. The zero-order valence-electron chi connectivity index (χ0n) is 17.4. The van der Waals surface area contributed by atoms with Gasteiger partial charge in [-0.15, -0.1) is 0 Å². The Bertz CT molecular complexity index is 966. The summed E-state index contributed by atoms with van der Waals surface area (Å²) in [4.78, 5) is 24.5.